The summed E-state index contributed by atoms with van der Waals surface area (Å²) in [6, 6.07) is 3.97. The van der Waals surface area contributed by atoms with Crippen molar-refractivity contribution in [1.82, 2.24) is 0 Å². The van der Waals surface area contributed by atoms with E-state index in [1.807, 2.05) is 0 Å². The van der Waals surface area contributed by atoms with Crippen LogP contribution >= 0.6 is 0 Å². The van der Waals surface area contributed by atoms with Gasteiger partial charge in [0.15, 0.2) is 0 Å². The van der Waals surface area contributed by atoms with Crippen molar-refractivity contribution in [1.29, 1.82) is 0 Å². The zero-order chi connectivity index (χ0) is 13.7. The summed E-state index contributed by atoms with van der Waals surface area (Å²) in [5, 5.41) is 0. The second-order valence-electron chi connectivity index (χ2n) is 5.96. The van der Waals surface area contributed by atoms with Crippen LogP contribution in [-0.4, -0.2) is 6.61 Å². The Morgan fingerprint density at radius 2 is 1.89 bits per heavy atom. The molecule has 0 N–H and O–H groups in total. The molecule has 0 saturated heterocycles. The maximum atomic E-state index is 12.7. The van der Waals surface area contributed by atoms with Gasteiger partial charge in [-0.2, -0.15) is 13.2 Å². The molecule has 104 valence electrons. The highest BCUT2D eigenvalue weighted by Crippen LogP contribution is 2.50. The average molecular weight is 270 g/mol. The first-order valence-corrected chi connectivity index (χ1v) is 6.75. The Bertz CT molecular complexity index is 485. The van der Waals surface area contributed by atoms with Gasteiger partial charge < -0.3 is 4.74 Å². The summed E-state index contributed by atoms with van der Waals surface area (Å²) in [6.45, 7) is 2.77. The lowest BCUT2D eigenvalue weighted by atomic mass is 9.68. The topological polar surface area (TPSA) is 9.23 Å². The minimum absolute atomic E-state index is 0.0357. The largest absolute Gasteiger partial charge is 0.492 e. The third-order valence-corrected chi connectivity index (χ3v) is 4.62. The van der Waals surface area contributed by atoms with Crippen LogP contribution in [0.5, 0.6) is 5.75 Å². The van der Waals surface area contributed by atoms with Crippen LogP contribution in [0.4, 0.5) is 13.2 Å². The molecule has 1 aromatic rings. The lowest BCUT2D eigenvalue weighted by molar-refractivity contribution is -0.137. The smallest absolute Gasteiger partial charge is 0.416 e. The third-order valence-electron chi connectivity index (χ3n) is 4.62. The van der Waals surface area contributed by atoms with E-state index >= 15 is 0 Å². The minimum Gasteiger partial charge on any atom is -0.492 e. The summed E-state index contributed by atoms with van der Waals surface area (Å²) in [5.74, 6) is 1.15. The van der Waals surface area contributed by atoms with Gasteiger partial charge in [-0.25, -0.2) is 0 Å². The molecule has 0 amide bonds. The van der Waals surface area contributed by atoms with Crippen LogP contribution in [0.1, 0.15) is 43.7 Å². The highest BCUT2D eigenvalue weighted by molar-refractivity contribution is 5.47. The number of rotatable bonds is 0. The Hall–Kier alpha value is -1.19. The molecular formula is C15H17F3O. The summed E-state index contributed by atoms with van der Waals surface area (Å²) in [6.07, 6.45) is 0.00191. The van der Waals surface area contributed by atoms with Gasteiger partial charge in [-0.1, -0.05) is 13.0 Å². The van der Waals surface area contributed by atoms with Gasteiger partial charge in [0.05, 0.1) is 12.2 Å². The molecule has 0 radical (unpaired) electrons. The summed E-state index contributed by atoms with van der Waals surface area (Å²) >= 11 is 0. The van der Waals surface area contributed by atoms with Gasteiger partial charge in [0.25, 0.3) is 0 Å². The Labute approximate surface area is 110 Å². The van der Waals surface area contributed by atoms with E-state index in [0.29, 0.717) is 18.3 Å². The van der Waals surface area contributed by atoms with Gasteiger partial charge in [0, 0.05) is 11.0 Å². The second-order valence-corrected chi connectivity index (χ2v) is 5.96. The number of halogens is 3. The molecular weight excluding hydrogens is 253 g/mol. The maximum Gasteiger partial charge on any atom is 0.416 e. The molecule has 1 spiro atoms. The number of hydrogen-bond donors (Lipinski definition) is 0. The Morgan fingerprint density at radius 1 is 1.21 bits per heavy atom. The van der Waals surface area contributed by atoms with Gasteiger partial charge in [-0.3, -0.25) is 0 Å². The van der Waals surface area contributed by atoms with E-state index in [2.05, 4.69) is 6.92 Å². The van der Waals surface area contributed by atoms with Crippen molar-refractivity contribution in [2.45, 2.75) is 44.2 Å². The third kappa shape index (κ3) is 2.11. The zero-order valence-corrected chi connectivity index (χ0v) is 10.9. The van der Waals surface area contributed by atoms with Crippen molar-refractivity contribution < 1.29 is 17.9 Å². The SMILES string of the molecule is CC1CCC2(CC1)COc1cc(C(F)(F)F)ccc12. The number of alkyl halides is 3. The molecule has 1 aliphatic heterocycles. The van der Waals surface area contributed by atoms with Gasteiger partial charge >= 0.3 is 6.18 Å². The van der Waals surface area contributed by atoms with Crippen molar-refractivity contribution in [2.24, 2.45) is 5.92 Å². The monoisotopic (exact) mass is 270 g/mol. The Morgan fingerprint density at radius 3 is 2.53 bits per heavy atom. The Balaban J connectivity index is 1.94. The molecule has 1 aliphatic carbocycles. The molecule has 19 heavy (non-hydrogen) atoms. The predicted octanol–water partition coefficient (Wildman–Crippen LogP) is 4.55. The van der Waals surface area contributed by atoms with Gasteiger partial charge in [0.2, 0.25) is 0 Å². The second kappa shape index (κ2) is 4.15. The molecule has 0 bridgehead atoms. The highest BCUT2D eigenvalue weighted by Gasteiger charge is 2.43. The standard InChI is InChI=1S/C15H17F3O/c1-10-4-6-14(7-5-10)9-19-13-8-11(15(16,17)18)2-3-12(13)14/h2-3,8,10H,4-7,9H2,1H3. The average Bonchev–Trinajstić information content (AvgIpc) is 2.71. The van der Waals surface area contributed by atoms with Gasteiger partial charge in [-0.05, 0) is 43.7 Å². The first kappa shape index (κ1) is 12.8. The zero-order valence-electron chi connectivity index (χ0n) is 10.9. The number of hydrogen-bond acceptors (Lipinski definition) is 1. The van der Waals surface area contributed by atoms with Crippen molar-refractivity contribution in [3.63, 3.8) is 0 Å². The van der Waals surface area contributed by atoms with E-state index in [0.717, 1.165) is 37.3 Å². The van der Waals surface area contributed by atoms with Crippen molar-refractivity contribution >= 4 is 0 Å². The van der Waals surface area contributed by atoms with E-state index < -0.39 is 11.7 Å². The highest BCUT2D eigenvalue weighted by atomic mass is 19.4. The molecule has 1 fully saturated rings. The molecule has 2 aliphatic rings. The van der Waals surface area contributed by atoms with Gasteiger partial charge in [0.1, 0.15) is 5.75 Å². The number of benzene rings is 1. The fraction of sp³-hybridized carbons (Fsp3) is 0.600. The van der Waals surface area contributed by atoms with E-state index in [9.17, 15) is 13.2 Å². The van der Waals surface area contributed by atoms with Crippen molar-refractivity contribution in [2.75, 3.05) is 6.61 Å². The summed E-state index contributed by atoms with van der Waals surface area (Å²) < 4.78 is 43.6. The van der Waals surface area contributed by atoms with Crippen LogP contribution in [0.15, 0.2) is 18.2 Å². The van der Waals surface area contributed by atoms with Crippen LogP contribution in [0.2, 0.25) is 0 Å². The summed E-state index contributed by atoms with van der Waals surface area (Å²) in [4.78, 5) is 0. The first-order valence-electron chi connectivity index (χ1n) is 6.75. The van der Waals surface area contributed by atoms with Crippen molar-refractivity contribution in [3.8, 4) is 5.75 Å². The molecule has 0 aromatic heterocycles. The molecule has 1 nitrogen and oxygen atoms in total. The lowest BCUT2D eigenvalue weighted by Gasteiger charge is -2.35. The van der Waals surface area contributed by atoms with Crippen LogP contribution in [0, 0.1) is 5.92 Å². The van der Waals surface area contributed by atoms with E-state index in [-0.39, 0.29) is 5.41 Å². The molecule has 1 saturated carbocycles. The van der Waals surface area contributed by atoms with E-state index in [1.54, 1.807) is 6.07 Å². The molecule has 0 atom stereocenters. The van der Waals surface area contributed by atoms with Crippen molar-refractivity contribution in [3.05, 3.63) is 29.3 Å². The first-order chi connectivity index (χ1) is 8.91. The molecule has 1 heterocycles. The van der Waals surface area contributed by atoms with Crippen LogP contribution in [0.25, 0.3) is 0 Å². The summed E-state index contributed by atoms with van der Waals surface area (Å²) in [5.41, 5.74) is 0.325. The molecule has 3 rings (SSSR count). The van der Waals surface area contributed by atoms with Gasteiger partial charge in [-0.15, -0.1) is 0 Å². The number of fused-ring (bicyclic) bond motifs is 2. The van der Waals surface area contributed by atoms with Crippen LogP contribution < -0.4 is 4.74 Å². The lowest BCUT2D eigenvalue weighted by Crippen LogP contribution is -2.32. The molecule has 4 heteroatoms. The van der Waals surface area contributed by atoms with E-state index in [4.69, 9.17) is 4.74 Å². The minimum atomic E-state index is -4.30. The fourth-order valence-electron chi connectivity index (χ4n) is 3.28. The molecule has 1 aromatic carbocycles. The summed E-state index contributed by atoms with van der Waals surface area (Å²) in [7, 11) is 0. The van der Waals surface area contributed by atoms with Crippen LogP contribution in [-0.2, 0) is 11.6 Å². The fourth-order valence-corrected chi connectivity index (χ4v) is 3.28. The quantitative estimate of drug-likeness (QED) is 0.672. The van der Waals surface area contributed by atoms with Crippen LogP contribution in [0.3, 0.4) is 0 Å². The molecule has 0 unspecified atom stereocenters. The predicted molar refractivity (Wildman–Crippen MR) is 66.2 cm³/mol. The normalized spacial score (nSPS) is 30.2. The number of ether oxygens (including phenoxy) is 1. The Kier molecular flexibility index (Phi) is 2.80. The maximum absolute atomic E-state index is 12.7. The van der Waals surface area contributed by atoms with E-state index in [1.165, 1.54) is 6.07 Å².